The molecule has 1 aromatic rings. The van der Waals surface area contributed by atoms with Crippen molar-refractivity contribution >= 4 is 6.09 Å². The van der Waals surface area contributed by atoms with E-state index in [9.17, 15) is 4.79 Å². The molecule has 0 spiro atoms. The summed E-state index contributed by atoms with van der Waals surface area (Å²) in [4.78, 5) is 14.6. The van der Waals surface area contributed by atoms with E-state index in [2.05, 4.69) is 43.1 Å². The van der Waals surface area contributed by atoms with Gasteiger partial charge in [0.15, 0.2) is 0 Å². The smallest absolute Gasteiger partial charge is 0.410 e. The van der Waals surface area contributed by atoms with E-state index in [1.54, 1.807) is 0 Å². The molecular weight excluding hydrogens is 312 g/mol. The SMILES string of the molecule is CCCCCCNC(=O)Oc1ccc2c(c1)[C@]1(C)CCN(CC)[C@@H]1C2. The maximum absolute atomic E-state index is 12.0. The normalized spacial score (nSPS) is 24.8. The topological polar surface area (TPSA) is 41.6 Å². The molecule has 1 saturated heterocycles. The van der Waals surface area contributed by atoms with Gasteiger partial charge in [-0.3, -0.25) is 4.90 Å². The largest absolute Gasteiger partial charge is 0.412 e. The number of fused-ring (bicyclic) bond motifs is 3. The Morgan fingerprint density at radius 3 is 2.92 bits per heavy atom. The monoisotopic (exact) mass is 344 g/mol. The van der Waals surface area contributed by atoms with Crippen molar-refractivity contribution < 1.29 is 9.53 Å². The first-order chi connectivity index (χ1) is 12.1. The highest BCUT2D eigenvalue weighted by Crippen LogP contribution is 2.48. The van der Waals surface area contributed by atoms with Gasteiger partial charge in [0.25, 0.3) is 0 Å². The van der Waals surface area contributed by atoms with Crippen LogP contribution in [0.4, 0.5) is 4.79 Å². The van der Waals surface area contributed by atoms with E-state index in [1.807, 2.05) is 6.07 Å². The van der Waals surface area contributed by atoms with Crippen LogP contribution in [0.3, 0.4) is 0 Å². The first kappa shape index (κ1) is 18.2. The number of hydrogen-bond acceptors (Lipinski definition) is 3. The second kappa shape index (κ2) is 7.77. The number of amides is 1. The van der Waals surface area contributed by atoms with Crippen LogP contribution in [-0.2, 0) is 11.8 Å². The molecule has 0 saturated carbocycles. The lowest BCUT2D eigenvalue weighted by molar-refractivity contribution is 0.200. The Balaban J connectivity index is 1.60. The van der Waals surface area contributed by atoms with Crippen LogP contribution in [0.1, 0.15) is 64.0 Å². The van der Waals surface area contributed by atoms with Crippen LogP contribution in [0, 0.1) is 0 Å². The van der Waals surface area contributed by atoms with E-state index in [0.717, 1.165) is 25.8 Å². The molecule has 0 aromatic heterocycles. The lowest BCUT2D eigenvalue weighted by Crippen LogP contribution is -2.37. The Hall–Kier alpha value is -1.55. The Bertz CT molecular complexity index is 616. The van der Waals surface area contributed by atoms with Gasteiger partial charge < -0.3 is 10.1 Å². The minimum atomic E-state index is -0.335. The van der Waals surface area contributed by atoms with Crippen molar-refractivity contribution in [3.63, 3.8) is 0 Å². The Kier molecular flexibility index (Phi) is 5.67. The number of ether oxygens (including phenoxy) is 1. The molecule has 138 valence electrons. The zero-order chi connectivity index (χ0) is 17.9. The average Bonchev–Trinajstić information content (AvgIpc) is 3.06. The van der Waals surface area contributed by atoms with Crippen LogP contribution in [0.2, 0.25) is 0 Å². The predicted octanol–water partition coefficient (Wildman–Crippen LogP) is 4.26. The number of likely N-dealkylation sites (tertiary alicyclic amines) is 1. The highest BCUT2D eigenvalue weighted by Gasteiger charge is 2.49. The van der Waals surface area contributed by atoms with Crippen molar-refractivity contribution in [3.8, 4) is 5.75 Å². The lowest BCUT2D eigenvalue weighted by atomic mass is 9.80. The van der Waals surface area contributed by atoms with Gasteiger partial charge in [-0.15, -0.1) is 0 Å². The number of benzene rings is 1. The van der Waals surface area contributed by atoms with Gasteiger partial charge in [0.05, 0.1) is 0 Å². The fraction of sp³-hybridized carbons (Fsp3) is 0.667. The van der Waals surface area contributed by atoms with E-state index >= 15 is 0 Å². The molecule has 1 aliphatic carbocycles. The van der Waals surface area contributed by atoms with Crippen molar-refractivity contribution in [1.29, 1.82) is 0 Å². The van der Waals surface area contributed by atoms with Gasteiger partial charge >= 0.3 is 6.09 Å². The summed E-state index contributed by atoms with van der Waals surface area (Å²) < 4.78 is 5.53. The third-order valence-electron chi connectivity index (χ3n) is 6.12. The minimum absolute atomic E-state index is 0.196. The molecule has 1 aromatic carbocycles. The quantitative estimate of drug-likeness (QED) is 0.751. The fourth-order valence-corrected chi connectivity index (χ4v) is 4.57. The van der Waals surface area contributed by atoms with Crippen molar-refractivity contribution in [2.24, 2.45) is 0 Å². The first-order valence-corrected chi connectivity index (χ1v) is 9.91. The Morgan fingerprint density at radius 2 is 2.16 bits per heavy atom. The average molecular weight is 344 g/mol. The van der Waals surface area contributed by atoms with Crippen LogP contribution in [0.15, 0.2) is 18.2 Å². The number of nitrogens with zero attached hydrogens (tertiary/aromatic N) is 1. The highest BCUT2D eigenvalue weighted by atomic mass is 16.6. The van der Waals surface area contributed by atoms with Gasteiger partial charge in [-0.25, -0.2) is 4.79 Å². The highest BCUT2D eigenvalue weighted by molar-refractivity contribution is 5.70. The van der Waals surface area contributed by atoms with Gasteiger partial charge in [-0.05, 0) is 55.6 Å². The van der Waals surface area contributed by atoms with Crippen LogP contribution in [0.25, 0.3) is 0 Å². The third-order valence-corrected chi connectivity index (χ3v) is 6.12. The summed E-state index contributed by atoms with van der Waals surface area (Å²) in [7, 11) is 0. The third kappa shape index (κ3) is 3.69. The molecular formula is C21H32N2O2. The maximum atomic E-state index is 12.0. The summed E-state index contributed by atoms with van der Waals surface area (Å²) in [5, 5.41) is 2.86. The summed E-state index contributed by atoms with van der Waals surface area (Å²) >= 11 is 0. The summed E-state index contributed by atoms with van der Waals surface area (Å²) in [5.74, 6) is 0.668. The number of unbranched alkanes of at least 4 members (excludes halogenated alkanes) is 3. The van der Waals surface area contributed by atoms with E-state index in [-0.39, 0.29) is 11.5 Å². The van der Waals surface area contributed by atoms with Crippen LogP contribution >= 0.6 is 0 Å². The second-order valence-electron chi connectivity index (χ2n) is 7.71. The molecule has 25 heavy (non-hydrogen) atoms. The molecule has 1 amide bonds. The zero-order valence-electron chi connectivity index (χ0n) is 15.9. The summed E-state index contributed by atoms with van der Waals surface area (Å²) in [6, 6.07) is 6.79. The van der Waals surface area contributed by atoms with Crippen LogP contribution < -0.4 is 10.1 Å². The lowest BCUT2D eigenvalue weighted by Gasteiger charge is -2.29. The molecule has 0 radical (unpaired) electrons. The molecule has 1 heterocycles. The first-order valence-electron chi connectivity index (χ1n) is 9.91. The van der Waals surface area contributed by atoms with Crippen molar-refractivity contribution in [2.75, 3.05) is 19.6 Å². The number of hydrogen-bond donors (Lipinski definition) is 1. The van der Waals surface area contributed by atoms with E-state index < -0.39 is 0 Å². The number of rotatable bonds is 7. The van der Waals surface area contributed by atoms with Gasteiger partial charge in [0.2, 0.25) is 0 Å². The van der Waals surface area contributed by atoms with Crippen molar-refractivity contribution in [1.82, 2.24) is 10.2 Å². The standard InChI is InChI=1S/C21H32N2O2/c1-4-6-7-8-12-22-20(24)25-17-10-9-16-14-19-21(3,18(16)15-17)11-13-23(19)5-2/h9-10,15,19H,4-8,11-14H2,1-3H3,(H,22,24)/t19-,21+/m1/s1. The number of carbonyl (C=O) groups excluding carboxylic acids is 1. The van der Waals surface area contributed by atoms with Gasteiger partial charge in [0, 0.05) is 18.0 Å². The molecule has 4 nitrogen and oxygen atoms in total. The van der Waals surface area contributed by atoms with E-state index in [4.69, 9.17) is 4.74 Å². The molecule has 1 N–H and O–H groups in total. The Morgan fingerprint density at radius 1 is 1.32 bits per heavy atom. The zero-order valence-corrected chi connectivity index (χ0v) is 15.9. The van der Waals surface area contributed by atoms with Crippen LogP contribution in [0.5, 0.6) is 5.75 Å². The number of likely N-dealkylation sites (N-methyl/N-ethyl adjacent to an activating group) is 1. The van der Waals surface area contributed by atoms with E-state index in [1.165, 1.54) is 36.9 Å². The Labute approximate surface area is 151 Å². The van der Waals surface area contributed by atoms with Gasteiger partial charge in [-0.2, -0.15) is 0 Å². The summed E-state index contributed by atoms with van der Waals surface area (Å²) in [6.45, 7) is 9.77. The van der Waals surface area contributed by atoms with Gasteiger partial charge in [0.1, 0.15) is 5.75 Å². The molecule has 2 aliphatic rings. The molecule has 4 heteroatoms. The number of carbonyl (C=O) groups is 1. The second-order valence-corrected chi connectivity index (χ2v) is 7.71. The van der Waals surface area contributed by atoms with Crippen LogP contribution in [-0.4, -0.2) is 36.7 Å². The van der Waals surface area contributed by atoms with Gasteiger partial charge in [-0.1, -0.05) is 46.1 Å². The fourth-order valence-electron chi connectivity index (χ4n) is 4.57. The minimum Gasteiger partial charge on any atom is -0.410 e. The number of nitrogens with one attached hydrogen (secondary N) is 1. The predicted molar refractivity (Wildman–Crippen MR) is 101 cm³/mol. The van der Waals surface area contributed by atoms with Crippen molar-refractivity contribution in [3.05, 3.63) is 29.3 Å². The molecule has 2 atom stereocenters. The summed E-state index contributed by atoms with van der Waals surface area (Å²) in [5.41, 5.74) is 2.99. The molecule has 3 rings (SSSR count). The molecule has 0 unspecified atom stereocenters. The summed E-state index contributed by atoms with van der Waals surface area (Å²) in [6.07, 6.45) is 6.56. The molecule has 0 bridgehead atoms. The maximum Gasteiger partial charge on any atom is 0.412 e. The molecule has 1 fully saturated rings. The van der Waals surface area contributed by atoms with Crippen molar-refractivity contribution in [2.45, 2.75) is 70.8 Å². The van der Waals surface area contributed by atoms with E-state index in [0.29, 0.717) is 18.3 Å². The molecule has 1 aliphatic heterocycles.